The van der Waals surface area contributed by atoms with Crippen molar-refractivity contribution in [2.75, 3.05) is 0 Å². The molecule has 0 saturated heterocycles. The highest BCUT2D eigenvalue weighted by Gasteiger charge is 2.18. The zero-order chi connectivity index (χ0) is 8.97. The Kier molecular flexibility index (Phi) is 3.73. The number of rotatable bonds is 3. The van der Waals surface area contributed by atoms with Gasteiger partial charge in [0.05, 0.1) is 6.04 Å². The second-order valence-electron chi connectivity index (χ2n) is 3.96. The van der Waals surface area contributed by atoms with Gasteiger partial charge in [-0.3, -0.25) is 4.79 Å². The molecule has 0 spiro atoms. The average Bonchev–Trinajstić information content (AvgIpc) is 2.06. The van der Waals surface area contributed by atoms with Crippen molar-refractivity contribution in [2.45, 2.75) is 51.5 Å². The Balaban J connectivity index is 2.24. The van der Waals surface area contributed by atoms with Gasteiger partial charge >= 0.3 is 0 Å². The SMILES string of the molecule is C[C@@H](N)C(=O)CC1CCCCC1. The first kappa shape index (κ1) is 9.72. The van der Waals surface area contributed by atoms with Crippen LogP contribution >= 0.6 is 0 Å². The van der Waals surface area contributed by atoms with E-state index in [1.165, 1.54) is 32.1 Å². The largest absolute Gasteiger partial charge is 0.322 e. The Morgan fingerprint density at radius 1 is 1.42 bits per heavy atom. The molecule has 0 heterocycles. The van der Waals surface area contributed by atoms with E-state index in [0.29, 0.717) is 5.92 Å². The Bertz CT molecular complexity index is 148. The van der Waals surface area contributed by atoms with Gasteiger partial charge in [-0.05, 0) is 12.8 Å². The van der Waals surface area contributed by atoms with Gasteiger partial charge in [-0.1, -0.05) is 32.1 Å². The van der Waals surface area contributed by atoms with E-state index in [2.05, 4.69) is 0 Å². The maximum absolute atomic E-state index is 11.3. The molecule has 1 aliphatic carbocycles. The van der Waals surface area contributed by atoms with E-state index in [9.17, 15) is 4.79 Å². The minimum atomic E-state index is -0.257. The van der Waals surface area contributed by atoms with E-state index in [0.717, 1.165) is 6.42 Å². The van der Waals surface area contributed by atoms with E-state index >= 15 is 0 Å². The van der Waals surface area contributed by atoms with Crippen molar-refractivity contribution in [3.63, 3.8) is 0 Å². The summed E-state index contributed by atoms with van der Waals surface area (Å²) in [5.41, 5.74) is 5.50. The molecule has 1 saturated carbocycles. The lowest BCUT2D eigenvalue weighted by molar-refractivity contribution is -0.121. The van der Waals surface area contributed by atoms with Gasteiger partial charge in [0.25, 0.3) is 0 Å². The number of Topliss-reactive ketones (excluding diaryl/α,β-unsaturated/α-hetero) is 1. The maximum atomic E-state index is 11.3. The van der Waals surface area contributed by atoms with E-state index in [4.69, 9.17) is 5.73 Å². The molecule has 0 radical (unpaired) electrons. The molecule has 1 aliphatic rings. The molecular formula is C10H19NO. The van der Waals surface area contributed by atoms with Gasteiger partial charge in [0.2, 0.25) is 0 Å². The van der Waals surface area contributed by atoms with Crippen molar-refractivity contribution in [2.24, 2.45) is 11.7 Å². The standard InChI is InChI=1S/C10H19NO/c1-8(11)10(12)7-9-5-3-2-4-6-9/h8-9H,2-7,11H2,1H3/t8-/m1/s1. The summed E-state index contributed by atoms with van der Waals surface area (Å²) in [5.74, 6) is 0.874. The molecule has 70 valence electrons. The number of carbonyl (C=O) groups is 1. The molecule has 0 aromatic carbocycles. The minimum absolute atomic E-state index is 0.238. The van der Waals surface area contributed by atoms with E-state index in [1.807, 2.05) is 0 Å². The summed E-state index contributed by atoms with van der Waals surface area (Å²) in [7, 11) is 0. The Morgan fingerprint density at radius 2 is 2.00 bits per heavy atom. The normalized spacial score (nSPS) is 22.2. The van der Waals surface area contributed by atoms with Crippen molar-refractivity contribution in [3.05, 3.63) is 0 Å². The Labute approximate surface area is 74.5 Å². The van der Waals surface area contributed by atoms with Crippen LogP contribution in [0, 0.1) is 5.92 Å². The molecule has 0 aromatic heterocycles. The molecule has 0 unspecified atom stereocenters. The smallest absolute Gasteiger partial charge is 0.149 e. The van der Waals surface area contributed by atoms with Crippen molar-refractivity contribution in [1.82, 2.24) is 0 Å². The monoisotopic (exact) mass is 169 g/mol. The van der Waals surface area contributed by atoms with Crippen LogP contribution in [-0.4, -0.2) is 11.8 Å². The molecular weight excluding hydrogens is 150 g/mol. The molecule has 1 rings (SSSR count). The van der Waals surface area contributed by atoms with Gasteiger partial charge in [-0.15, -0.1) is 0 Å². The first-order chi connectivity index (χ1) is 5.70. The summed E-state index contributed by atoms with van der Waals surface area (Å²) in [6, 6.07) is -0.257. The van der Waals surface area contributed by atoms with Gasteiger partial charge in [0.1, 0.15) is 5.78 Å². The number of hydrogen-bond donors (Lipinski definition) is 1. The van der Waals surface area contributed by atoms with Crippen molar-refractivity contribution >= 4 is 5.78 Å². The third kappa shape index (κ3) is 2.94. The minimum Gasteiger partial charge on any atom is -0.322 e. The van der Waals surface area contributed by atoms with Gasteiger partial charge in [0, 0.05) is 6.42 Å². The third-order valence-corrected chi connectivity index (χ3v) is 2.72. The fourth-order valence-electron chi connectivity index (χ4n) is 1.86. The van der Waals surface area contributed by atoms with E-state index in [1.54, 1.807) is 6.92 Å². The number of ketones is 1. The van der Waals surface area contributed by atoms with Crippen LogP contribution in [0.2, 0.25) is 0 Å². The predicted molar refractivity (Wildman–Crippen MR) is 49.8 cm³/mol. The molecule has 0 aliphatic heterocycles. The molecule has 0 amide bonds. The summed E-state index contributed by atoms with van der Waals surface area (Å²) >= 11 is 0. The van der Waals surface area contributed by atoms with Crippen molar-refractivity contribution in [1.29, 1.82) is 0 Å². The Morgan fingerprint density at radius 3 is 2.50 bits per heavy atom. The van der Waals surface area contributed by atoms with Gasteiger partial charge < -0.3 is 5.73 Å². The molecule has 12 heavy (non-hydrogen) atoms. The molecule has 2 heteroatoms. The summed E-state index contributed by atoms with van der Waals surface area (Å²) < 4.78 is 0. The molecule has 0 aromatic rings. The average molecular weight is 169 g/mol. The summed E-state index contributed by atoms with van der Waals surface area (Å²) in [6.07, 6.45) is 7.14. The van der Waals surface area contributed by atoms with Crippen LogP contribution in [0.15, 0.2) is 0 Å². The van der Waals surface area contributed by atoms with Crippen LogP contribution in [0.4, 0.5) is 0 Å². The molecule has 1 fully saturated rings. The summed E-state index contributed by atoms with van der Waals surface area (Å²) in [5, 5.41) is 0. The van der Waals surface area contributed by atoms with Crippen LogP contribution < -0.4 is 5.73 Å². The lowest BCUT2D eigenvalue weighted by Gasteiger charge is -2.21. The molecule has 1 atom stereocenters. The van der Waals surface area contributed by atoms with E-state index in [-0.39, 0.29) is 11.8 Å². The number of hydrogen-bond acceptors (Lipinski definition) is 2. The second kappa shape index (κ2) is 4.61. The van der Waals surface area contributed by atoms with Crippen LogP contribution in [-0.2, 0) is 4.79 Å². The fraction of sp³-hybridized carbons (Fsp3) is 0.900. The highest BCUT2D eigenvalue weighted by atomic mass is 16.1. The zero-order valence-electron chi connectivity index (χ0n) is 7.88. The summed E-state index contributed by atoms with van der Waals surface area (Å²) in [4.78, 5) is 11.3. The van der Waals surface area contributed by atoms with E-state index < -0.39 is 0 Å². The molecule has 2 N–H and O–H groups in total. The predicted octanol–water partition coefficient (Wildman–Crippen LogP) is 1.87. The molecule has 2 nitrogen and oxygen atoms in total. The lowest BCUT2D eigenvalue weighted by atomic mass is 9.85. The Hall–Kier alpha value is -0.370. The quantitative estimate of drug-likeness (QED) is 0.701. The maximum Gasteiger partial charge on any atom is 0.149 e. The van der Waals surface area contributed by atoms with Crippen LogP contribution in [0.1, 0.15) is 45.4 Å². The number of carbonyl (C=O) groups excluding carboxylic acids is 1. The van der Waals surface area contributed by atoms with Crippen molar-refractivity contribution in [3.8, 4) is 0 Å². The topological polar surface area (TPSA) is 43.1 Å². The first-order valence-electron chi connectivity index (χ1n) is 4.98. The van der Waals surface area contributed by atoms with Gasteiger partial charge in [-0.25, -0.2) is 0 Å². The van der Waals surface area contributed by atoms with Crippen molar-refractivity contribution < 1.29 is 4.79 Å². The van der Waals surface area contributed by atoms with Gasteiger partial charge in [0.15, 0.2) is 0 Å². The highest BCUT2D eigenvalue weighted by molar-refractivity contribution is 5.83. The summed E-state index contributed by atoms with van der Waals surface area (Å²) in [6.45, 7) is 1.78. The second-order valence-corrected chi connectivity index (χ2v) is 3.96. The van der Waals surface area contributed by atoms with Gasteiger partial charge in [-0.2, -0.15) is 0 Å². The fourth-order valence-corrected chi connectivity index (χ4v) is 1.86. The molecule has 0 bridgehead atoms. The highest BCUT2D eigenvalue weighted by Crippen LogP contribution is 2.26. The number of nitrogens with two attached hydrogens (primary N) is 1. The van der Waals surface area contributed by atoms with Crippen LogP contribution in [0.25, 0.3) is 0 Å². The third-order valence-electron chi connectivity index (χ3n) is 2.72. The lowest BCUT2D eigenvalue weighted by Crippen LogP contribution is -2.28. The van der Waals surface area contributed by atoms with Crippen LogP contribution in [0.5, 0.6) is 0 Å². The van der Waals surface area contributed by atoms with Crippen LogP contribution in [0.3, 0.4) is 0 Å². The zero-order valence-corrected chi connectivity index (χ0v) is 7.88. The first-order valence-corrected chi connectivity index (χ1v) is 4.98.